The van der Waals surface area contributed by atoms with Crippen molar-refractivity contribution in [3.63, 3.8) is 0 Å². The minimum Gasteiger partial charge on any atom is -0.331 e. The predicted molar refractivity (Wildman–Crippen MR) is 92.1 cm³/mol. The number of hydrogen-bond acceptors (Lipinski definition) is 4. The van der Waals surface area contributed by atoms with Gasteiger partial charge in [0.2, 0.25) is 5.91 Å². The van der Waals surface area contributed by atoms with Crippen molar-refractivity contribution in [2.24, 2.45) is 0 Å². The lowest BCUT2D eigenvalue weighted by molar-refractivity contribution is -0.113. The summed E-state index contributed by atoms with van der Waals surface area (Å²) in [5.74, 6) is -0.456. The number of halogens is 2. The van der Waals surface area contributed by atoms with Gasteiger partial charge in [-0.25, -0.2) is 14.4 Å². The molecule has 2 heterocycles. The van der Waals surface area contributed by atoms with Gasteiger partial charge in [-0.2, -0.15) is 0 Å². The van der Waals surface area contributed by atoms with E-state index in [9.17, 15) is 9.18 Å². The van der Waals surface area contributed by atoms with E-state index in [-0.39, 0.29) is 17.5 Å². The van der Waals surface area contributed by atoms with Gasteiger partial charge >= 0.3 is 0 Å². The second-order valence-corrected chi connectivity index (χ2v) is 6.63. The van der Waals surface area contributed by atoms with E-state index < -0.39 is 0 Å². The van der Waals surface area contributed by atoms with E-state index in [1.54, 1.807) is 12.1 Å². The molecule has 5 nitrogen and oxygen atoms in total. The molecule has 0 spiro atoms. The first kappa shape index (κ1) is 15.9. The maximum atomic E-state index is 13.1. The lowest BCUT2D eigenvalue weighted by Gasteiger charge is -2.03. The fourth-order valence-electron chi connectivity index (χ4n) is 1.95. The molecule has 8 heteroatoms. The molecule has 2 N–H and O–H groups in total. The molecule has 23 heavy (non-hydrogen) atoms. The first-order valence-corrected chi connectivity index (χ1v) is 8.50. The van der Waals surface area contributed by atoms with Crippen molar-refractivity contribution in [3.05, 3.63) is 46.3 Å². The smallest absolute Gasteiger partial charge is 0.234 e. The van der Waals surface area contributed by atoms with Crippen molar-refractivity contribution in [3.8, 4) is 0 Å². The van der Waals surface area contributed by atoms with Crippen molar-refractivity contribution in [1.82, 2.24) is 15.0 Å². The highest BCUT2D eigenvalue weighted by Gasteiger charge is 2.10. The Bertz CT molecular complexity index is 844. The molecule has 1 aromatic carbocycles. The molecule has 0 bridgehead atoms. The van der Waals surface area contributed by atoms with Crippen LogP contribution in [-0.4, -0.2) is 26.6 Å². The van der Waals surface area contributed by atoms with Gasteiger partial charge in [-0.05, 0) is 47.1 Å². The van der Waals surface area contributed by atoms with Crippen LogP contribution in [0.25, 0.3) is 11.2 Å². The summed E-state index contributed by atoms with van der Waals surface area (Å²) in [6.45, 7) is 1.89. The number of benzene rings is 1. The highest BCUT2D eigenvalue weighted by atomic mass is 79.9. The summed E-state index contributed by atoms with van der Waals surface area (Å²) in [6.07, 6.45) is 0. The quantitative estimate of drug-likeness (QED) is 0.658. The number of pyridine rings is 1. The van der Waals surface area contributed by atoms with Crippen LogP contribution >= 0.6 is 27.7 Å². The summed E-state index contributed by atoms with van der Waals surface area (Å²) in [5, 5.41) is 3.25. The number of hydrogen-bond donors (Lipinski definition) is 2. The summed E-state index contributed by atoms with van der Waals surface area (Å²) in [4.78, 5) is 23.7. The monoisotopic (exact) mass is 394 g/mol. The van der Waals surface area contributed by atoms with Gasteiger partial charge in [0.1, 0.15) is 5.82 Å². The van der Waals surface area contributed by atoms with Crippen LogP contribution in [0.15, 0.2) is 40.0 Å². The molecule has 0 atom stereocenters. The molecule has 0 aliphatic heterocycles. The normalized spacial score (nSPS) is 10.9. The molecule has 2 aromatic heterocycles. The van der Waals surface area contributed by atoms with E-state index in [1.165, 1.54) is 23.9 Å². The number of imidazole rings is 1. The largest absolute Gasteiger partial charge is 0.331 e. The Hall–Kier alpha value is -1.93. The summed E-state index contributed by atoms with van der Waals surface area (Å²) < 4.78 is 14.0. The Morgan fingerprint density at radius 3 is 3.00 bits per heavy atom. The highest BCUT2D eigenvalue weighted by Crippen LogP contribution is 2.23. The predicted octanol–water partition coefficient (Wildman–Crippen LogP) is 3.90. The Labute approximate surface area is 144 Å². The van der Waals surface area contributed by atoms with Crippen LogP contribution in [0, 0.1) is 12.7 Å². The van der Waals surface area contributed by atoms with Crippen LogP contribution in [0.5, 0.6) is 0 Å². The van der Waals surface area contributed by atoms with Crippen LogP contribution in [0.4, 0.5) is 10.1 Å². The lowest BCUT2D eigenvalue weighted by Crippen LogP contribution is -2.14. The van der Waals surface area contributed by atoms with Gasteiger partial charge in [0, 0.05) is 10.2 Å². The fraction of sp³-hybridized carbons (Fsp3) is 0.133. The highest BCUT2D eigenvalue weighted by molar-refractivity contribution is 9.10. The van der Waals surface area contributed by atoms with Gasteiger partial charge in [-0.3, -0.25) is 4.79 Å². The number of aromatic nitrogens is 3. The van der Waals surface area contributed by atoms with E-state index in [2.05, 4.69) is 36.2 Å². The summed E-state index contributed by atoms with van der Waals surface area (Å²) >= 11 is 4.68. The number of thioether (sulfide) groups is 1. The van der Waals surface area contributed by atoms with E-state index in [0.717, 1.165) is 15.7 Å². The number of nitrogens with zero attached hydrogens (tertiary/aromatic N) is 2. The average Bonchev–Trinajstić information content (AvgIpc) is 2.87. The van der Waals surface area contributed by atoms with Crippen molar-refractivity contribution in [2.75, 3.05) is 11.1 Å². The van der Waals surface area contributed by atoms with E-state index in [0.29, 0.717) is 16.5 Å². The van der Waals surface area contributed by atoms with Crippen LogP contribution in [-0.2, 0) is 4.79 Å². The SMILES string of the molecule is Cc1nc2nc(SCC(=O)Nc3cccc(F)c3)[nH]c2cc1Br. The first-order chi connectivity index (χ1) is 11.0. The zero-order chi connectivity index (χ0) is 16.4. The summed E-state index contributed by atoms with van der Waals surface area (Å²) in [7, 11) is 0. The van der Waals surface area contributed by atoms with Gasteiger partial charge in [0.05, 0.1) is 17.0 Å². The third-order valence-corrected chi connectivity index (χ3v) is 4.70. The summed E-state index contributed by atoms with van der Waals surface area (Å²) in [6, 6.07) is 7.68. The number of anilines is 1. The Morgan fingerprint density at radius 2 is 2.22 bits per heavy atom. The van der Waals surface area contributed by atoms with Crippen LogP contribution < -0.4 is 5.32 Å². The maximum absolute atomic E-state index is 13.1. The van der Waals surface area contributed by atoms with E-state index >= 15 is 0 Å². The molecular weight excluding hydrogens is 383 g/mol. The van der Waals surface area contributed by atoms with E-state index in [4.69, 9.17) is 0 Å². The molecule has 0 saturated heterocycles. The second-order valence-electron chi connectivity index (χ2n) is 4.82. The van der Waals surface area contributed by atoms with Crippen molar-refractivity contribution < 1.29 is 9.18 Å². The molecule has 3 rings (SSSR count). The molecule has 0 radical (unpaired) electrons. The van der Waals surface area contributed by atoms with Gasteiger partial charge in [0.15, 0.2) is 10.8 Å². The number of fused-ring (bicyclic) bond motifs is 1. The maximum Gasteiger partial charge on any atom is 0.234 e. The molecule has 0 saturated carbocycles. The Kier molecular flexibility index (Phi) is 4.63. The molecule has 1 amide bonds. The molecule has 0 aliphatic carbocycles. The number of amides is 1. The average molecular weight is 395 g/mol. The van der Waals surface area contributed by atoms with Gasteiger partial charge in [-0.15, -0.1) is 0 Å². The number of H-pyrrole nitrogens is 1. The van der Waals surface area contributed by atoms with Gasteiger partial charge in [-0.1, -0.05) is 17.8 Å². The second kappa shape index (κ2) is 6.67. The van der Waals surface area contributed by atoms with Gasteiger partial charge < -0.3 is 10.3 Å². The fourth-order valence-corrected chi connectivity index (χ4v) is 2.94. The first-order valence-electron chi connectivity index (χ1n) is 6.72. The molecule has 0 fully saturated rings. The van der Waals surface area contributed by atoms with Crippen LogP contribution in [0.1, 0.15) is 5.69 Å². The van der Waals surface area contributed by atoms with Crippen molar-refractivity contribution >= 4 is 50.5 Å². The minimum absolute atomic E-state index is 0.163. The third-order valence-electron chi connectivity index (χ3n) is 3.03. The van der Waals surface area contributed by atoms with Crippen LogP contribution in [0.2, 0.25) is 0 Å². The van der Waals surface area contributed by atoms with Gasteiger partial charge in [0.25, 0.3) is 0 Å². The molecule has 118 valence electrons. The van der Waals surface area contributed by atoms with Crippen molar-refractivity contribution in [1.29, 1.82) is 0 Å². The number of nitrogens with one attached hydrogen (secondary N) is 2. The lowest BCUT2D eigenvalue weighted by atomic mass is 10.3. The summed E-state index contributed by atoms with van der Waals surface area (Å²) in [5.41, 5.74) is 2.69. The van der Waals surface area contributed by atoms with Crippen LogP contribution in [0.3, 0.4) is 0 Å². The molecule has 3 aromatic rings. The molecular formula is C15H12BrFN4OS. The van der Waals surface area contributed by atoms with Crippen molar-refractivity contribution in [2.45, 2.75) is 12.1 Å². The Morgan fingerprint density at radius 1 is 1.39 bits per heavy atom. The minimum atomic E-state index is -0.389. The number of carbonyl (C=O) groups excluding carboxylic acids is 1. The topological polar surface area (TPSA) is 70.7 Å². The molecule has 0 unspecified atom stereocenters. The zero-order valence-corrected chi connectivity index (χ0v) is 14.5. The third kappa shape index (κ3) is 3.89. The number of aromatic amines is 1. The number of carbonyl (C=O) groups is 1. The number of rotatable bonds is 4. The van der Waals surface area contributed by atoms with E-state index in [1.807, 2.05) is 13.0 Å². The standard InChI is InChI=1S/C15H12BrFN4OS/c1-8-11(16)6-12-14(18-8)21-15(20-12)23-7-13(22)19-10-4-2-3-9(17)5-10/h2-6H,7H2,1H3,(H,19,22)(H,18,20,21). The molecule has 0 aliphatic rings. The Balaban J connectivity index is 1.65. The zero-order valence-electron chi connectivity index (χ0n) is 12.1. The number of aryl methyl sites for hydroxylation is 1.